The second-order valence-corrected chi connectivity index (χ2v) is 5.89. The zero-order chi connectivity index (χ0) is 19.6. The first-order valence-electron chi connectivity index (χ1n) is 7.99. The Kier molecular flexibility index (Phi) is 5.02. The van der Waals surface area contributed by atoms with Gasteiger partial charge in [-0.25, -0.2) is 0 Å². The maximum atomic E-state index is 13.5. The van der Waals surface area contributed by atoms with Crippen molar-refractivity contribution in [1.29, 1.82) is 0 Å². The molecule has 9 heteroatoms. The van der Waals surface area contributed by atoms with Crippen LogP contribution in [0.1, 0.15) is 6.42 Å². The summed E-state index contributed by atoms with van der Waals surface area (Å²) in [6.07, 6.45) is -0.0971. The molecule has 2 aromatic rings. The fraction of sp³-hybridized carbons (Fsp3) is 0.222. The minimum absolute atomic E-state index is 0.00337. The van der Waals surface area contributed by atoms with E-state index in [-0.39, 0.29) is 18.7 Å². The third kappa shape index (κ3) is 3.86. The number of nitrogens with zero attached hydrogens (tertiary/aromatic N) is 2. The number of nitro benzene ring substituents is 1. The highest BCUT2D eigenvalue weighted by molar-refractivity contribution is 5.99. The summed E-state index contributed by atoms with van der Waals surface area (Å²) in [6, 6.07) is 9.55. The molecule has 27 heavy (non-hydrogen) atoms. The Balaban J connectivity index is 1.72. The van der Waals surface area contributed by atoms with E-state index in [1.54, 1.807) is 24.3 Å². The molecule has 1 aliphatic rings. The van der Waals surface area contributed by atoms with Crippen molar-refractivity contribution < 1.29 is 28.4 Å². The Labute approximate surface area is 153 Å². The maximum Gasteiger partial charge on any atom is 0.316 e. The number of hydrogen-bond acceptors (Lipinski definition) is 6. The third-order valence-corrected chi connectivity index (χ3v) is 4.17. The minimum atomic E-state index is -0.995. The zero-order valence-electron chi connectivity index (χ0n) is 14.3. The predicted octanol–water partition coefficient (Wildman–Crippen LogP) is 2.70. The van der Waals surface area contributed by atoms with Gasteiger partial charge in [0.15, 0.2) is 0 Å². The Morgan fingerprint density at radius 2 is 1.89 bits per heavy atom. The zero-order valence-corrected chi connectivity index (χ0v) is 14.3. The molecule has 1 heterocycles. The van der Waals surface area contributed by atoms with Gasteiger partial charge in [0.05, 0.1) is 23.6 Å². The molecule has 1 amide bonds. The van der Waals surface area contributed by atoms with Crippen molar-refractivity contribution in [2.24, 2.45) is 5.92 Å². The van der Waals surface area contributed by atoms with E-state index in [2.05, 4.69) is 0 Å². The largest absolute Gasteiger partial charge is 0.497 e. The molecule has 0 saturated carbocycles. The molecule has 1 saturated heterocycles. The molecular formula is C18H15FN2O6. The average molecular weight is 374 g/mol. The van der Waals surface area contributed by atoms with E-state index in [0.29, 0.717) is 11.5 Å². The fourth-order valence-corrected chi connectivity index (χ4v) is 2.77. The Morgan fingerprint density at radius 3 is 2.52 bits per heavy atom. The highest BCUT2D eigenvalue weighted by Crippen LogP contribution is 2.30. The second-order valence-electron chi connectivity index (χ2n) is 5.89. The number of ether oxygens (including phenoxy) is 2. The summed E-state index contributed by atoms with van der Waals surface area (Å²) in [5, 5.41) is 10.9. The maximum absolute atomic E-state index is 13.5. The van der Waals surface area contributed by atoms with Crippen LogP contribution in [0.2, 0.25) is 0 Å². The molecule has 1 unspecified atom stereocenters. The van der Waals surface area contributed by atoms with Gasteiger partial charge in [0.2, 0.25) is 11.7 Å². The quantitative estimate of drug-likeness (QED) is 0.345. The Morgan fingerprint density at radius 1 is 1.22 bits per heavy atom. The second kappa shape index (κ2) is 7.40. The lowest BCUT2D eigenvalue weighted by molar-refractivity contribution is -0.387. The van der Waals surface area contributed by atoms with Crippen LogP contribution in [0.5, 0.6) is 11.5 Å². The van der Waals surface area contributed by atoms with Gasteiger partial charge in [-0.2, -0.15) is 4.39 Å². The monoisotopic (exact) mass is 374 g/mol. The number of hydrogen-bond donors (Lipinski definition) is 0. The predicted molar refractivity (Wildman–Crippen MR) is 92.1 cm³/mol. The molecule has 1 aliphatic heterocycles. The van der Waals surface area contributed by atoms with Crippen LogP contribution in [0, 0.1) is 21.8 Å². The molecular weight excluding hydrogens is 359 g/mol. The number of methoxy groups -OCH3 is 1. The lowest BCUT2D eigenvalue weighted by Gasteiger charge is -2.16. The van der Waals surface area contributed by atoms with Crippen molar-refractivity contribution in [3.05, 3.63) is 58.4 Å². The van der Waals surface area contributed by atoms with Crippen LogP contribution in [0.3, 0.4) is 0 Å². The molecule has 8 nitrogen and oxygen atoms in total. The molecule has 0 bridgehead atoms. The third-order valence-electron chi connectivity index (χ3n) is 4.17. The van der Waals surface area contributed by atoms with Gasteiger partial charge in [0, 0.05) is 19.0 Å². The molecule has 1 atom stereocenters. The van der Waals surface area contributed by atoms with Gasteiger partial charge in [-0.3, -0.25) is 19.7 Å². The van der Waals surface area contributed by atoms with E-state index in [0.717, 1.165) is 12.1 Å². The summed E-state index contributed by atoms with van der Waals surface area (Å²) in [7, 11) is 1.51. The van der Waals surface area contributed by atoms with Gasteiger partial charge in [0.1, 0.15) is 11.5 Å². The number of carbonyl (C=O) groups excluding carboxylic acids is 2. The van der Waals surface area contributed by atoms with Crippen molar-refractivity contribution in [1.82, 2.24) is 0 Å². The van der Waals surface area contributed by atoms with E-state index in [1.807, 2.05) is 0 Å². The van der Waals surface area contributed by atoms with Crippen LogP contribution in [-0.2, 0) is 9.59 Å². The van der Waals surface area contributed by atoms with E-state index in [4.69, 9.17) is 9.47 Å². The highest BCUT2D eigenvalue weighted by atomic mass is 19.1. The molecule has 1 fully saturated rings. The van der Waals surface area contributed by atoms with Crippen molar-refractivity contribution in [2.45, 2.75) is 6.42 Å². The van der Waals surface area contributed by atoms with Crippen molar-refractivity contribution in [3.63, 3.8) is 0 Å². The molecule has 140 valence electrons. The van der Waals surface area contributed by atoms with E-state index < -0.39 is 34.2 Å². The summed E-state index contributed by atoms with van der Waals surface area (Å²) >= 11 is 0. The van der Waals surface area contributed by atoms with Crippen LogP contribution >= 0.6 is 0 Å². The number of nitro groups is 1. The first-order chi connectivity index (χ1) is 12.9. The van der Waals surface area contributed by atoms with Gasteiger partial charge in [0.25, 0.3) is 0 Å². The summed E-state index contributed by atoms with van der Waals surface area (Å²) < 4.78 is 23.8. The number of esters is 1. The lowest BCUT2D eigenvalue weighted by atomic mass is 10.1. The van der Waals surface area contributed by atoms with Crippen molar-refractivity contribution >= 4 is 23.3 Å². The molecule has 0 spiro atoms. The SMILES string of the molecule is COc1ccc(OC(=O)C2CC(=O)N(c3ccc(F)c([N+](=O)[O-])c3)C2)cc1. The summed E-state index contributed by atoms with van der Waals surface area (Å²) in [4.78, 5) is 35.8. The highest BCUT2D eigenvalue weighted by Gasteiger charge is 2.37. The molecule has 2 aromatic carbocycles. The van der Waals surface area contributed by atoms with Gasteiger partial charge >= 0.3 is 11.7 Å². The van der Waals surface area contributed by atoms with E-state index in [9.17, 15) is 24.1 Å². The van der Waals surface area contributed by atoms with Gasteiger partial charge < -0.3 is 14.4 Å². The fourth-order valence-electron chi connectivity index (χ4n) is 2.77. The van der Waals surface area contributed by atoms with Crippen LogP contribution in [0.4, 0.5) is 15.8 Å². The number of benzene rings is 2. The van der Waals surface area contributed by atoms with E-state index >= 15 is 0 Å². The molecule has 3 rings (SSSR count). The standard InChI is InChI=1S/C18H15FN2O6/c1-26-13-3-5-14(6-4-13)27-18(23)11-8-17(22)20(10-11)12-2-7-15(19)16(9-12)21(24)25/h2-7,9,11H,8,10H2,1H3. The van der Waals surface area contributed by atoms with Gasteiger partial charge in [-0.05, 0) is 36.4 Å². The van der Waals surface area contributed by atoms with Gasteiger partial charge in [-0.1, -0.05) is 0 Å². The smallest absolute Gasteiger partial charge is 0.316 e. The lowest BCUT2D eigenvalue weighted by Crippen LogP contribution is -2.27. The first-order valence-corrected chi connectivity index (χ1v) is 7.99. The van der Waals surface area contributed by atoms with Crippen molar-refractivity contribution in [3.8, 4) is 11.5 Å². The number of anilines is 1. The van der Waals surface area contributed by atoms with Crippen LogP contribution < -0.4 is 14.4 Å². The number of halogens is 1. The van der Waals surface area contributed by atoms with E-state index in [1.165, 1.54) is 18.1 Å². The Bertz CT molecular complexity index is 899. The summed E-state index contributed by atoms with van der Waals surface area (Å²) in [5.74, 6) is -1.80. The van der Waals surface area contributed by atoms with Crippen LogP contribution in [0.25, 0.3) is 0 Å². The molecule has 0 radical (unpaired) electrons. The molecule has 0 aromatic heterocycles. The van der Waals surface area contributed by atoms with Crippen molar-refractivity contribution in [2.75, 3.05) is 18.6 Å². The Hall–Kier alpha value is -3.49. The van der Waals surface area contributed by atoms with Crippen LogP contribution in [-0.4, -0.2) is 30.5 Å². The van der Waals surface area contributed by atoms with Crippen LogP contribution in [0.15, 0.2) is 42.5 Å². The molecule has 0 aliphatic carbocycles. The summed E-state index contributed by atoms with van der Waals surface area (Å²) in [6.45, 7) is -0.00337. The normalized spacial score (nSPS) is 16.3. The number of rotatable bonds is 5. The molecule has 0 N–H and O–H groups in total. The topological polar surface area (TPSA) is 99.0 Å². The minimum Gasteiger partial charge on any atom is -0.497 e. The average Bonchev–Trinajstić information content (AvgIpc) is 3.04. The number of amides is 1. The summed E-state index contributed by atoms with van der Waals surface area (Å²) in [5.41, 5.74) is -0.572. The first kappa shape index (κ1) is 18.3. The van der Waals surface area contributed by atoms with Gasteiger partial charge in [-0.15, -0.1) is 0 Å². The number of carbonyl (C=O) groups is 2.